The van der Waals surface area contributed by atoms with Gasteiger partial charge in [-0.3, -0.25) is 9.59 Å². The van der Waals surface area contributed by atoms with E-state index in [2.05, 4.69) is 36.3 Å². The van der Waals surface area contributed by atoms with E-state index < -0.39 is 0 Å². The Morgan fingerprint density at radius 1 is 1.15 bits per heavy atom. The van der Waals surface area contributed by atoms with Crippen molar-refractivity contribution in [3.8, 4) is 11.3 Å². The first-order valence-corrected chi connectivity index (χ1v) is 10.7. The minimum Gasteiger partial charge on any atom is -0.343 e. The summed E-state index contributed by atoms with van der Waals surface area (Å²) in [5.74, 6) is 0.495. The lowest BCUT2D eigenvalue weighted by Crippen LogP contribution is -2.32. The van der Waals surface area contributed by atoms with E-state index in [-0.39, 0.29) is 17.6 Å². The normalized spacial score (nSPS) is 10.6. The molecule has 0 bridgehead atoms. The Morgan fingerprint density at radius 3 is 2.54 bits per heavy atom. The van der Waals surface area contributed by atoms with Gasteiger partial charge < -0.3 is 10.2 Å². The predicted octanol–water partition coefficient (Wildman–Crippen LogP) is 3.97. The monoisotopic (exact) mass is 391 g/mol. The molecule has 2 amide bonds. The molecule has 5 nitrogen and oxygen atoms in total. The zero-order valence-electron chi connectivity index (χ0n) is 15.7. The van der Waals surface area contributed by atoms with Crippen LogP contribution in [0.15, 0.2) is 23.6 Å². The predicted molar refractivity (Wildman–Crippen MR) is 111 cm³/mol. The molecule has 0 aliphatic carbocycles. The Bertz CT molecular complexity index is 770. The van der Waals surface area contributed by atoms with Gasteiger partial charge in [-0.2, -0.15) is 0 Å². The Labute approximate surface area is 163 Å². The number of hydrogen-bond acceptors (Lipinski definition) is 5. The van der Waals surface area contributed by atoms with E-state index in [1.54, 1.807) is 4.90 Å². The zero-order chi connectivity index (χ0) is 19.1. The number of aromatic nitrogens is 1. The molecule has 0 aliphatic heterocycles. The Hall–Kier alpha value is -1.86. The van der Waals surface area contributed by atoms with Crippen molar-refractivity contribution in [1.29, 1.82) is 0 Å². The standard InChI is InChI=1S/C19H25N3O2S2/c1-5-22(6-2)18(24)12-25-11-17(23)21-19-20-16(10-26-19)15-8-7-13(3)14(4)9-15/h7-10H,5-6,11-12H2,1-4H3,(H,20,21,23). The fraction of sp³-hybridized carbons (Fsp3) is 0.421. The molecule has 1 N–H and O–H groups in total. The van der Waals surface area contributed by atoms with E-state index in [1.807, 2.05) is 25.3 Å². The largest absolute Gasteiger partial charge is 0.343 e. The maximum atomic E-state index is 12.1. The molecule has 0 spiro atoms. The fourth-order valence-electron chi connectivity index (χ4n) is 2.42. The van der Waals surface area contributed by atoms with Gasteiger partial charge in [0.05, 0.1) is 17.2 Å². The molecule has 0 saturated carbocycles. The van der Waals surface area contributed by atoms with Crippen molar-refractivity contribution in [3.63, 3.8) is 0 Å². The van der Waals surface area contributed by atoms with Crippen molar-refractivity contribution in [1.82, 2.24) is 9.88 Å². The van der Waals surface area contributed by atoms with Crippen LogP contribution >= 0.6 is 23.1 Å². The van der Waals surface area contributed by atoms with Gasteiger partial charge in [-0.25, -0.2) is 4.98 Å². The minimum absolute atomic E-state index is 0.0686. The van der Waals surface area contributed by atoms with Gasteiger partial charge in [0.15, 0.2) is 5.13 Å². The van der Waals surface area contributed by atoms with Crippen LogP contribution in [-0.4, -0.2) is 46.3 Å². The number of hydrogen-bond donors (Lipinski definition) is 1. The third kappa shape index (κ3) is 5.57. The third-order valence-electron chi connectivity index (χ3n) is 4.13. The number of thioether (sulfide) groups is 1. The number of anilines is 1. The number of carbonyl (C=O) groups is 2. The first-order valence-electron chi connectivity index (χ1n) is 8.63. The van der Waals surface area contributed by atoms with Crippen LogP contribution < -0.4 is 5.32 Å². The minimum atomic E-state index is -0.136. The van der Waals surface area contributed by atoms with Crippen molar-refractivity contribution in [2.75, 3.05) is 29.9 Å². The summed E-state index contributed by atoms with van der Waals surface area (Å²) in [6.45, 7) is 9.45. The quantitative estimate of drug-likeness (QED) is 0.740. The smallest absolute Gasteiger partial charge is 0.236 e. The van der Waals surface area contributed by atoms with Crippen molar-refractivity contribution in [3.05, 3.63) is 34.7 Å². The molecule has 0 fully saturated rings. The molecule has 26 heavy (non-hydrogen) atoms. The summed E-state index contributed by atoms with van der Waals surface area (Å²) < 4.78 is 0. The van der Waals surface area contributed by atoms with Gasteiger partial charge >= 0.3 is 0 Å². The number of aryl methyl sites for hydroxylation is 2. The summed E-state index contributed by atoms with van der Waals surface area (Å²) >= 11 is 2.74. The molecular formula is C19H25N3O2S2. The average molecular weight is 392 g/mol. The lowest BCUT2D eigenvalue weighted by Gasteiger charge is -2.17. The molecule has 140 valence electrons. The fourth-order valence-corrected chi connectivity index (χ4v) is 3.87. The summed E-state index contributed by atoms with van der Waals surface area (Å²) in [5, 5.41) is 5.34. The van der Waals surface area contributed by atoms with Crippen LogP contribution in [0, 0.1) is 13.8 Å². The number of nitrogens with one attached hydrogen (secondary N) is 1. The highest BCUT2D eigenvalue weighted by Crippen LogP contribution is 2.26. The number of amides is 2. The second-order valence-electron chi connectivity index (χ2n) is 5.94. The SMILES string of the molecule is CCN(CC)C(=O)CSCC(=O)Nc1nc(-c2ccc(C)c(C)c2)cs1. The van der Waals surface area contributed by atoms with Crippen molar-refractivity contribution < 1.29 is 9.59 Å². The van der Waals surface area contributed by atoms with Crippen LogP contribution in [0.3, 0.4) is 0 Å². The molecule has 7 heteroatoms. The second-order valence-corrected chi connectivity index (χ2v) is 7.79. The summed E-state index contributed by atoms with van der Waals surface area (Å²) in [6, 6.07) is 6.22. The molecule has 2 rings (SSSR count). The van der Waals surface area contributed by atoms with E-state index in [1.165, 1.54) is 34.2 Å². The van der Waals surface area contributed by atoms with Gasteiger partial charge in [0, 0.05) is 24.0 Å². The summed E-state index contributed by atoms with van der Waals surface area (Å²) in [4.78, 5) is 30.2. The van der Waals surface area contributed by atoms with Crippen LogP contribution in [0.5, 0.6) is 0 Å². The van der Waals surface area contributed by atoms with Gasteiger partial charge in [-0.05, 0) is 44.9 Å². The molecule has 2 aromatic rings. The molecule has 0 unspecified atom stereocenters. The van der Waals surface area contributed by atoms with E-state index in [0.29, 0.717) is 24.0 Å². The Kier molecular flexibility index (Phi) is 7.66. The molecule has 1 aromatic carbocycles. The highest BCUT2D eigenvalue weighted by molar-refractivity contribution is 8.00. The molecule has 0 atom stereocenters. The van der Waals surface area contributed by atoms with Crippen LogP contribution in [-0.2, 0) is 9.59 Å². The van der Waals surface area contributed by atoms with Gasteiger partial charge in [-0.1, -0.05) is 12.1 Å². The van der Waals surface area contributed by atoms with E-state index in [0.717, 1.165) is 11.3 Å². The summed E-state index contributed by atoms with van der Waals surface area (Å²) in [5.41, 5.74) is 4.37. The average Bonchev–Trinajstić information content (AvgIpc) is 3.06. The molecule has 1 heterocycles. The number of nitrogens with zero attached hydrogens (tertiary/aromatic N) is 2. The van der Waals surface area contributed by atoms with Crippen molar-refractivity contribution in [2.24, 2.45) is 0 Å². The van der Waals surface area contributed by atoms with Crippen LogP contribution in [0.1, 0.15) is 25.0 Å². The van der Waals surface area contributed by atoms with Crippen LogP contribution in [0.4, 0.5) is 5.13 Å². The highest BCUT2D eigenvalue weighted by Gasteiger charge is 2.12. The second kappa shape index (κ2) is 9.73. The van der Waals surface area contributed by atoms with Crippen LogP contribution in [0.2, 0.25) is 0 Å². The van der Waals surface area contributed by atoms with Gasteiger partial charge in [0.2, 0.25) is 11.8 Å². The molecule has 0 saturated heterocycles. The molecular weight excluding hydrogens is 366 g/mol. The molecule has 0 aliphatic rings. The first kappa shape index (κ1) is 20.5. The van der Waals surface area contributed by atoms with Gasteiger partial charge in [0.1, 0.15) is 0 Å². The number of benzene rings is 1. The first-order chi connectivity index (χ1) is 12.4. The topological polar surface area (TPSA) is 62.3 Å². The highest BCUT2D eigenvalue weighted by atomic mass is 32.2. The van der Waals surface area contributed by atoms with Crippen LogP contribution in [0.25, 0.3) is 11.3 Å². The Balaban J connectivity index is 1.85. The number of rotatable bonds is 8. The number of thiazole rings is 1. The maximum Gasteiger partial charge on any atom is 0.236 e. The molecule has 0 radical (unpaired) electrons. The lowest BCUT2D eigenvalue weighted by atomic mass is 10.1. The number of carbonyl (C=O) groups excluding carboxylic acids is 2. The summed E-state index contributed by atoms with van der Waals surface area (Å²) in [7, 11) is 0. The van der Waals surface area contributed by atoms with Gasteiger partial charge in [0.25, 0.3) is 0 Å². The third-order valence-corrected chi connectivity index (χ3v) is 5.80. The van der Waals surface area contributed by atoms with Crippen molar-refractivity contribution >= 4 is 40.0 Å². The zero-order valence-corrected chi connectivity index (χ0v) is 17.3. The van der Waals surface area contributed by atoms with E-state index in [4.69, 9.17) is 0 Å². The maximum absolute atomic E-state index is 12.1. The Morgan fingerprint density at radius 2 is 1.88 bits per heavy atom. The van der Waals surface area contributed by atoms with E-state index in [9.17, 15) is 9.59 Å². The van der Waals surface area contributed by atoms with Crippen molar-refractivity contribution in [2.45, 2.75) is 27.7 Å². The van der Waals surface area contributed by atoms with E-state index >= 15 is 0 Å². The summed E-state index contributed by atoms with van der Waals surface area (Å²) in [6.07, 6.45) is 0. The lowest BCUT2D eigenvalue weighted by molar-refractivity contribution is -0.127. The van der Waals surface area contributed by atoms with Gasteiger partial charge in [-0.15, -0.1) is 23.1 Å². The molecule has 1 aromatic heterocycles.